The van der Waals surface area contributed by atoms with Gasteiger partial charge in [0.1, 0.15) is 11.8 Å². The van der Waals surface area contributed by atoms with Crippen LogP contribution in [0.15, 0.2) is 23.3 Å². The molecule has 0 unspecified atom stereocenters. The van der Waals surface area contributed by atoms with E-state index < -0.39 is 11.8 Å². The minimum atomic E-state index is -0.500. The molecule has 20 heavy (non-hydrogen) atoms. The van der Waals surface area contributed by atoms with Crippen LogP contribution in [-0.4, -0.2) is 31.7 Å². The summed E-state index contributed by atoms with van der Waals surface area (Å²) >= 11 is 0. The Labute approximate surface area is 115 Å². The lowest BCUT2D eigenvalue weighted by atomic mass is 10.2. The van der Waals surface area contributed by atoms with Crippen molar-refractivity contribution in [1.29, 1.82) is 10.7 Å². The number of benzene rings is 1. The predicted molar refractivity (Wildman–Crippen MR) is 72.9 cm³/mol. The molecule has 0 aliphatic carbocycles. The van der Waals surface area contributed by atoms with E-state index in [9.17, 15) is 4.79 Å². The minimum absolute atomic E-state index is 0.260. The molecule has 0 bridgehead atoms. The summed E-state index contributed by atoms with van der Waals surface area (Å²) in [6, 6.07) is 6.17. The van der Waals surface area contributed by atoms with Crippen molar-refractivity contribution in [2.24, 2.45) is 10.8 Å². The first kappa shape index (κ1) is 15.0. The summed E-state index contributed by atoms with van der Waals surface area (Å²) in [5, 5.41) is 19.5. The molecule has 0 aliphatic rings. The van der Waals surface area contributed by atoms with Crippen LogP contribution < -0.4 is 15.9 Å². The molecule has 0 saturated heterocycles. The number of methoxy groups -OCH3 is 2. The summed E-state index contributed by atoms with van der Waals surface area (Å²) in [6.07, 6.45) is 0. The number of nitrogens with zero attached hydrogens (tertiary/aromatic N) is 2. The van der Waals surface area contributed by atoms with Crippen LogP contribution in [-0.2, 0) is 4.74 Å². The molecule has 0 atom stereocenters. The van der Waals surface area contributed by atoms with Gasteiger partial charge in [0.2, 0.25) is 5.71 Å². The van der Waals surface area contributed by atoms with Crippen molar-refractivity contribution in [3.8, 4) is 11.8 Å². The Hall–Kier alpha value is -3.08. The van der Waals surface area contributed by atoms with Crippen molar-refractivity contribution in [3.05, 3.63) is 23.8 Å². The number of ether oxygens (including phenoxy) is 2. The fourth-order valence-electron chi connectivity index (χ4n) is 1.29. The lowest BCUT2D eigenvalue weighted by Crippen LogP contribution is -2.21. The first-order chi connectivity index (χ1) is 9.53. The molecular weight excluding hydrogens is 262 g/mol. The van der Waals surface area contributed by atoms with Gasteiger partial charge in [0, 0.05) is 0 Å². The average Bonchev–Trinajstić information content (AvgIpc) is 2.46. The van der Waals surface area contributed by atoms with Gasteiger partial charge in [-0.2, -0.15) is 10.4 Å². The van der Waals surface area contributed by atoms with Crippen molar-refractivity contribution >= 4 is 23.2 Å². The number of hydrazone groups is 1. The third kappa shape index (κ3) is 3.46. The quantitative estimate of drug-likeness (QED) is 0.313. The second kappa shape index (κ2) is 6.75. The molecule has 0 aliphatic heterocycles. The Kier molecular flexibility index (Phi) is 5.05. The molecule has 8 nitrogen and oxygen atoms in total. The number of rotatable bonds is 5. The predicted octanol–water partition coefficient (Wildman–Crippen LogP) is 0.709. The number of carbonyl (C=O) groups is 1. The fraction of sp³-hybridized carbons (Fsp3) is 0.167. The number of nitrogens with one attached hydrogen (secondary N) is 2. The molecule has 0 aromatic heterocycles. The van der Waals surface area contributed by atoms with Crippen molar-refractivity contribution in [3.63, 3.8) is 0 Å². The average molecular weight is 275 g/mol. The summed E-state index contributed by atoms with van der Waals surface area (Å²) in [6.45, 7) is 0. The van der Waals surface area contributed by atoms with E-state index in [2.05, 4.69) is 15.3 Å². The molecule has 0 radical (unpaired) electrons. The van der Waals surface area contributed by atoms with Gasteiger partial charge in [-0.15, -0.1) is 0 Å². The van der Waals surface area contributed by atoms with E-state index in [0.717, 1.165) is 0 Å². The Bertz CT molecular complexity index is 604. The highest BCUT2D eigenvalue weighted by molar-refractivity contribution is 6.45. The second-order valence-electron chi connectivity index (χ2n) is 3.50. The monoisotopic (exact) mass is 275 g/mol. The number of nitrogens with two attached hydrogens (primary N) is 1. The standard InChI is InChI=1S/C12H13N5O3/c1-19-10-5-7(12(18)20-2)3-4-8(10)16-17-9(6-13)11(14)15/h3-5,16H,1-2H3,(H3,14,15)/b17-9+. The molecule has 0 heterocycles. The SMILES string of the molecule is COC(=O)c1ccc(N/N=C(\C#N)C(=N)N)c(OC)c1. The highest BCUT2D eigenvalue weighted by Gasteiger charge is 2.10. The number of nitriles is 1. The maximum Gasteiger partial charge on any atom is 0.337 e. The van der Waals surface area contributed by atoms with Crippen molar-refractivity contribution in [1.82, 2.24) is 0 Å². The Morgan fingerprint density at radius 2 is 2.20 bits per heavy atom. The molecule has 4 N–H and O–H groups in total. The van der Waals surface area contributed by atoms with Crippen LogP contribution in [0.4, 0.5) is 5.69 Å². The molecule has 0 saturated carbocycles. The van der Waals surface area contributed by atoms with Crippen molar-refractivity contribution in [2.75, 3.05) is 19.6 Å². The summed E-state index contributed by atoms with van der Waals surface area (Å²) in [5.74, 6) is -0.623. The van der Waals surface area contributed by atoms with Crippen LogP contribution in [0.3, 0.4) is 0 Å². The number of hydrogen-bond donors (Lipinski definition) is 3. The van der Waals surface area contributed by atoms with Gasteiger partial charge in [0.05, 0.1) is 25.5 Å². The zero-order valence-electron chi connectivity index (χ0n) is 10.9. The van der Waals surface area contributed by atoms with Crippen molar-refractivity contribution in [2.45, 2.75) is 0 Å². The topological polar surface area (TPSA) is 134 Å². The largest absolute Gasteiger partial charge is 0.494 e. The van der Waals surface area contributed by atoms with Gasteiger partial charge in [-0.3, -0.25) is 10.8 Å². The van der Waals surface area contributed by atoms with Gasteiger partial charge in [0.15, 0.2) is 5.84 Å². The first-order valence-corrected chi connectivity index (χ1v) is 5.38. The Balaban J connectivity index is 3.06. The smallest absolute Gasteiger partial charge is 0.337 e. The van der Waals surface area contributed by atoms with Crippen LogP contribution in [0, 0.1) is 16.7 Å². The van der Waals surface area contributed by atoms with Crippen molar-refractivity contribution < 1.29 is 14.3 Å². The van der Waals surface area contributed by atoms with Crippen LogP contribution >= 0.6 is 0 Å². The molecule has 8 heteroatoms. The molecule has 1 rings (SSSR count). The van der Waals surface area contributed by atoms with E-state index in [1.165, 1.54) is 32.4 Å². The van der Waals surface area contributed by atoms with Crippen LogP contribution in [0.5, 0.6) is 5.75 Å². The third-order valence-corrected chi connectivity index (χ3v) is 2.27. The minimum Gasteiger partial charge on any atom is -0.494 e. The molecule has 1 aromatic rings. The van der Waals surface area contributed by atoms with Gasteiger partial charge in [0.25, 0.3) is 0 Å². The molecule has 0 spiro atoms. The number of anilines is 1. The Morgan fingerprint density at radius 3 is 2.70 bits per heavy atom. The van der Waals surface area contributed by atoms with Gasteiger partial charge in [-0.05, 0) is 18.2 Å². The van der Waals surface area contributed by atoms with Crippen LogP contribution in [0.25, 0.3) is 0 Å². The first-order valence-electron chi connectivity index (χ1n) is 5.38. The normalized spacial score (nSPS) is 10.3. The summed E-state index contributed by atoms with van der Waals surface area (Å²) in [4.78, 5) is 11.4. The van der Waals surface area contributed by atoms with Gasteiger partial charge < -0.3 is 15.2 Å². The maximum absolute atomic E-state index is 11.4. The van der Waals surface area contributed by atoms with Crippen LogP contribution in [0.2, 0.25) is 0 Å². The van der Waals surface area contributed by atoms with E-state index in [4.69, 9.17) is 21.1 Å². The lowest BCUT2D eigenvalue weighted by Gasteiger charge is -2.09. The highest BCUT2D eigenvalue weighted by atomic mass is 16.5. The van der Waals surface area contributed by atoms with E-state index >= 15 is 0 Å². The van der Waals surface area contributed by atoms with Crippen LogP contribution in [0.1, 0.15) is 10.4 Å². The number of amidine groups is 1. The Morgan fingerprint density at radius 1 is 1.50 bits per heavy atom. The summed E-state index contributed by atoms with van der Waals surface area (Å²) < 4.78 is 9.69. The molecule has 104 valence electrons. The van der Waals surface area contributed by atoms with Gasteiger partial charge >= 0.3 is 5.97 Å². The van der Waals surface area contributed by atoms with E-state index in [1.807, 2.05) is 0 Å². The summed E-state index contributed by atoms with van der Waals surface area (Å²) in [7, 11) is 2.69. The fourth-order valence-corrected chi connectivity index (χ4v) is 1.29. The van der Waals surface area contributed by atoms with E-state index in [-0.39, 0.29) is 5.71 Å². The summed E-state index contributed by atoms with van der Waals surface area (Å²) in [5.41, 5.74) is 8.17. The van der Waals surface area contributed by atoms with E-state index in [1.54, 1.807) is 6.07 Å². The third-order valence-electron chi connectivity index (χ3n) is 2.27. The molecule has 0 fully saturated rings. The maximum atomic E-state index is 11.4. The van der Waals surface area contributed by atoms with Gasteiger partial charge in [-0.1, -0.05) is 0 Å². The second-order valence-corrected chi connectivity index (χ2v) is 3.50. The molecular formula is C12H13N5O3. The lowest BCUT2D eigenvalue weighted by molar-refractivity contribution is 0.0600. The number of esters is 1. The highest BCUT2D eigenvalue weighted by Crippen LogP contribution is 2.25. The van der Waals surface area contributed by atoms with E-state index in [0.29, 0.717) is 17.0 Å². The molecule has 1 aromatic carbocycles. The number of hydrogen-bond acceptors (Lipinski definition) is 7. The van der Waals surface area contributed by atoms with Gasteiger partial charge in [-0.25, -0.2) is 4.79 Å². The zero-order valence-corrected chi connectivity index (χ0v) is 10.9. The molecule has 0 amide bonds. The number of carbonyl (C=O) groups excluding carboxylic acids is 1. The zero-order chi connectivity index (χ0) is 15.1.